The van der Waals surface area contributed by atoms with Crippen molar-refractivity contribution in [2.24, 2.45) is 0 Å². The maximum Gasteiger partial charge on any atom is 0.0730 e. The molecule has 0 amide bonds. The molecule has 3 nitrogen and oxygen atoms in total. The van der Waals surface area contributed by atoms with Crippen molar-refractivity contribution in [3.8, 4) is 0 Å². The van der Waals surface area contributed by atoms with Gasteiger partial charge in [-0.05, 0) is 13.8 Å². The number of halogens is 2. The lowest BCUT2D eigenvalue weighted by Crippen LogP contribution is -1.98. The first kappa shape index (κ1) is 13.2. The number of hydrogen-bond donors (Lipinski definition) is 1. The molecule has 0 atom stereocenters. The number of nitrogens with zero attached hydrogens (tertiary/aromatic N) is 2. The molecule has 0 aliphatic rings. The minimum atomic E-state index is 0. The summed E-state index contributed by atoms with van der Waals surface area (Å²) in [6.45, 7) is 4.90. The van der Waals surface area contributed by atoms with Crippen molar-refractivity contribution in [1.29, 1.82) is 0 Å². The molecule has 0 fully saturated rings. The van der Waals surface area contributed by atoms with E-state index in [0.717, 1.165) is 17.9 Å². The molecular formula is C6H13Cl2N3. The van der Waals surface area contributed by atoms with Crippen molar-refractivity contribution in [1.82, 2.24) is 9.78 Å². The highest BCUT2D eigenvalue weighted by Gasteiger charge is 1.97. The lowest BCUT2D eigenvalue weighted by Gasteiger charge is -1.96. The maximum absolute atomic E-state index is 5.53. The van der Waals surface area contributed by atoms with Crippen molar-refractivity contribution in [2.45, 2.75) is 20.4 Å². The first-order valence-corrected chi connectivity index (χ1v) is 3.03. The molecule has 5 heteroatoms. The molecule has 0 unspecified atom stereocenters. The van der Waals surface area contributed by atoms with Crippen LogP contribution in [-0.2, 0) is 6.54 Å². The fourth-order valence-corrected chi connectivity index (χ4v) is 0.780. The Morgan fingerprint density at radius 2 is 2.09 bits per heavy atom. The van der Waals surface area contributed by atoms with Gasteiger partial charge in [-0.1, -0.05) is 0 Å². The van der Waals surface area contributed by atoms with Crippen LogP contribution < -0.4 is 5.73 Å². The standard InChI is InChI=1S/C6H11N3.2ClH/c1-3-9-5(2)6(7)4-8-9;;/h4H,3,7H2,1-2H3;2*1H. The highest BCUT2D eigenvalue weighted by Crippen LogP contribution is 2.06. The zero-order valence-corrected chi connectivity index (χ0v) is 8.21. The third kappa shape index (κ3) is 2.60. The third-order valence-electron chi connectivity index (χ3n) is 1.44. The first-order valence-electron chi connectivity index (χ1n) is 3.03. The highest BCUT2D eigenvalue weighted by atomic mass is 35.5. The van der Waals surface area contributed by atoms with Crippen LogP contribution in [-0.4, -0.2) is 9.78 Å². The smallest absolute Gasteiger partial charge is 0.0730 e. The zero-order valence-electron chi connectivity index (χ0n) is 6.57. The lowest BCUT2D eigenvalue weighted by molar-refractivity contribution is 0.640. The van der Waals surface area contributed by atoms with Crippen LogP contribution in [0, 0.1) is 6.92 Å². The summed E-state index contributed by atoms with van der Waals surface area (Å²) in [7, 11) is 0. The molecule has 2 N–H and O–H groups in total. The second-order valence-corrected chi connectivity index (χ2v) is 2.00. The summed E-state index contributed by atoms with van der Waals surface area (Å²) in [6.07, 6.45) is 1.68. The molecule has 0 saturated carbocycles. The van der Waals surface area contributed by atoms with E-state index in [4.69, 9.17) is 5.73 Å². The molecule has 0 aromatic carbocycles. The molecule has 11 heavy (non-hydrogen) atoms. The second-order valence-electron chi connectivity index (χ2n) is 2.00. The van der Waals surface area contributed by atoms with Crippen molar-refractivity contribution >= 4 is 30.5 Å². The predicted molar refractivity (Wildman–Crippen MR) is 51.5 cm³/mol. The number of rotatable bonds is 1. The van der Waals surface area contributed by atoms with Crippen LogP contribution in [0.15, 0.2) is 6.20 Å². The molecule has 66 valence electrons. The van der Waals surface area contributed by atoms with Gasteiger partial charge in [0.1, 0.15) is 0 Å². The Hall–Kier alpha value is -0.410. The van der Waals surface area contributed by atoms with E-state index >= 15 is 0 Å². The largest absolute Gasteiger partial charge is 0.396 e. The van der Waals surface area contributed by atoms with Crippen LogP contribution in [0.5, 0.6) is 0 Å². The minimum absolute atomic E-state index is 0. The van der Waals surface area contributed by atoms with Gasteiger partial charge in [-0.15, -0.1) is 24.8 Å². The highest BCUT2D eigenvalue weighted by molar-refractivity contribution is 5.85. The Bertz CT molecular complexity index is 210. The number of aryl methyl sites for hydroxylation is 1. The fraction of sp³-hybridized carbons (Fsp3) is 0.500. The van der Waals surface area contributed by atoms with E-state index in [1.165, 1.54) is 0 Å². The molecule has 1 heterocycles. The average Bonchev–Trinajstić information content (AvgIpc) is 2.15. The summed E-state index contributed by atoms with van der Waals surface area (Å²) in [6, 6.07) is 0. The Morgan fingerprint density at radius 1 is 1.55 bits per heavy atom. The lowest BCUT2D eigenvalue weighted by atomic mass is 10.4. The molecule has 0 spiro atoms. The SMILES string of the molecule is CCn1ncc(N)c1C.Cl.Cl. The van der Waals surface area contributed by atoms with Crippen molar-refractivity contribution in [3.05, 3.63) is 11.9 Å². The second kappa shape index (κ2) is 5.27. The molecule has 0 saturated heterocycles. The van der Waals surface area contributed by atoms with E-state index in [-0.39, 0.29) is 24.8 Å². The fourth-order valence-electron chi connectivity index (χ4n) is 0.780. The Labute approximate surface area is 78.8 Å². The summed E-state index contributed by atoms with van der Waals surface area (Å²) in [5, 5.41) is 4.03. The van der Waals surface area contributed by atoms with Gasteiger partial charge in [-0.2, -0.15) is 5.10 Å². The quantitative estimate of drug-likeness (QED) is 0.745. The van der Waals surface area contributed by atoms with E-state index in [0.29, 0.717) is 0 Å². The van der Waals surface area contributed by atoms with Gasteiger partial charge in [-0.3, -0.25) is 4.68 Å². The van der Waals surface area contributed by atoms with Gasteiger partial charge in [0.05, 0.1) is 17.6 Å². The normalized spacial score (nSPS) is 8.18. The summed E-state index contributed by atoms with van der Waals surface area (Å²) < 4.78 is 1.87. The van der Waals surface area contributed by atoms with Crippen LogP contribution in [0.1, 0.15) is 12.6 Å². The van der Waals surface area contributed by atoms with Gasteiger partial charge < -0.3 is 5.73 Å². The number of nitrogens with two attached hydrogens (primary N) is 1. The molecule has 0 aliphatic heterocycles. The Morgan fingerprint density at radius 3 is 2.27 bits per heavy atom. The topological polar surface area (TPSA) is 43.8 Å². The van der Waals surface area contributed by atoms with Gasteiger partial charge in [0.25, 0.3) is 0 Å². The van der Waals surface area contributed by atoms with Gasteiger partial charge in [0.2, 0.25) is 0 Å². The Kier molecular flexibility index (Phi) is 6.32. The van der Waals surface area contributed by atoms with Crippen LogP contribution in [0.3, 0.4) is 0 Å². The van der Waals surface area contributed by atoms with Crippen molar-refractivity contribution < 1.29 is 0 Å². The van der Waals surface area contributed by atoms with Gasteiger partial charge in [-0.25, -0.2) is 0 Å². The number of aromatic nitrogens is 2. The van der Waals surface area contributed by atoms with Crippen LogP contribution in [0.2, 0.25) is 0 Å². The molecule has 0 aliphatic carbocycles. The molecule has 0 bridgehead atoms. The summed E-state index contributed by atoms with van der Waals surface area (Å²) in [5.74, 6) is 0. The van der Waals surface area contributed by atoms with E-state index < -0.39 is 0 Å². The molecule has 1 aromatic rings. The van der Waals surface area contributed by atoms with E-state index in [2.05, 4.69) is 5.10 Å². The number of anilines is 1. The first-order chi connectivity index (χ1) is 4.25. The van der Waals surface area contributed by atoms with E-state index in [1.807, 2.05) is 18.5 Å². The minimum Gasteiger partial charge on any atom is -0.396 e. The number of nitrogen functional groups attached to an aromatic ring is 1. The Balaban J connectivity index is 0. The summed E-state index contributed by atoms with van der Waals surface area (Å²) >= 11 is 0. The van der Waals surface area contributed by atoms with Crippen molar-refractivity contribution in [3.63, 3.8) is 0 Å². The molecule has 1 aromatic heterocycles. The van der Waals surface area contributed by atoms with Crippen LogP contribution in [0.25, 0.3) is 0 Å². The predicted octanol–water partition coefficient (Wildman–Crippen LogP) is 1.64. The number of hydrogen-bond acceptors (Lipinski definition) is 2. The molecular weight excluding hydrogens is 185 g/mol. The van der Waals surface area contributed by atoms with Gasteiger partial charge in [0, 0.05) is 6.54 Å². The maximum atomic E-state index is 5.53. The van der Waals surface area contributed by atoms with Gasteiger partial charge >= 0.3 is 0 Å². The summed E-state index contributed by atoms with van der Waals surface area (Å²) in [5.41, 5.74) is 7.36. The van der Waals surface area contributed by atoms with Crippen LogP contribution in [0.4, 0.5) is 5.69 Å². The average molecular weight is 198 g/mol. The van der Waals surface area contributed by atoms with E-state index in [9.17, 15) is 0 Å². The monoisotopic (exact) mass is 197 g/mol. The third-order valence-corrected chi connectivity index (χ3v) is 1.44. The van der Waals surface area contributed by atoms with E-state index in [1.54, 1.807) is 6.20 Å². The zero-order chi connectivity index (χ0) is 6.85. The molecule has 0 radical (unpaired) electrons. The molecule has 1 rings (SSSR count). The van der Waals surface area contributed by atoms with Crippen molar-refractivity contribution in [2.75, 3.05) is 5.73 Å². The van der Waals surface area contributed by atoms with Crippen LogP contribution >= 0.6 is 24.8 Å². The van der Waals surface area contributed by atoms with Gasteiger partial charge in [0.15, 0.2) is 0 Å². The summed E-state index contributed by atoms with van der Waals surface area (Å²) in [4.78, 5) is 0.